The van der Waals surface area contributed by atoms with Crippen molar-refractivity contribution in [2.24, 2.45) is 13.0 Å². The summed E-state index contributed by atoms with van der Waals surface area (Å²) in [7, 11) is 3.30. The molecule has 0 bridgehead atoms. The highest BCUT2D eigenvalue weighted by molar-refractivity contribution is 7.98. The van der Waals surface area contributed by atoms with Gasteiger partial charge >= 0.3 is 0 Å². The number of ether oxygens (including phenoxy) is 1. The number of carbonyl (C=O) groups excluding carboxylic acids is 2. The summed E-state index contributed by atoms with van der Waals surface area (Å²) in [6.45, 7) is 0. The van der Waals surface area contributed by atoms with Gasteiger partial charge in [-0.2, -0.15) is 10.4 Å². The van der Waals surface area contributed by atoms with Gasteiger partial charge in [0.1, 0.15) is 11.4 Å². The van der Waals surface area contributed by atoms with Gasteiger partial charge in [-0.1, -0.05) is 18.2 Å². The second-order valence-electron chi connectivity index (χ2n) is 6.60. The highest BCUT2D eigenvalue weighted by atomic mass is 32.2. The molecule has 2 heterocycles. The molecule has 2 aromatic carbocycles. The zero-order valence-electron chi connectivity index (χ0n) is 15.9. The van der Waals surface area contributed by atoms with E-state index in [1.165, 1.54) is 7.11 Å². The molecule has 1 atom stereocenters. The second kappa shape index (κ2) is 7.57. The molecule has 144 valence electrons. The first kappa shape index (κ1) is 19.0. The number of benzene rings is 2. The van der Waals surface area contributed by atoms with Crippen LogP contribution in [0.2, 0.25) is 0 Å². The Balaban J connectivity index is 1.71. The van der Waals surface area contributed by atoms with Gasteiger partial charge in [0.05, 0.1) is 18.9 Å². The number of nitrogens with zero attached hydrogens (tertiary/aromatic N) is 3. The first-order valence-electron chi connectivity index (χ1n) is 8.95. The van der Waals surface area contributed by atoms with Crippen LogP contribution < -0.4 is 4.74 Å². The first-order valence-corrected chi connectivity index (χ1v) is 9.94. The van der Waals surface area contributed by atoms with Gasteiger partial charge < -0.3 is 4.74 Å². The number of methoxy groups -OCH3 is 1. The summed E-state index contributed by atoms with van der Waals surface area (Å²) in [5.41, 5.74) is 3.11. The molecule has 1 aromatic heterocycles. The maximum absolute atomic E-state index is 13.2. The molecule has 0 amide bonds. The molecular weight excluding hydrogens is 386 g/mol. The monoisotopic (exact) mass is 403 g/mol. The number of fused-ring (bicyclic) bond motifs is 3. The lowest BCUT2D eigenvalue weighted by atomic mass is 9.91. The SMILES string of the molecule is COc1ccc(C(=O)C(C#N)C(=O)c2nn(C)c3c2CSc2ccccc2-3)cc1. The van der Waals surface area contributed by atoms with Crippen molar-refractivity contribution in [3.8, 4) is 23.1 Å². The zero-order valence-corrected chi connectivity index (χ0v) is 16.7. The topological polar surface area (TPSA) is 85.0 Å². The lowest BCUT2D eigenvalue weighted by Gasteiger charge is -2.17. The van der Waals surface area contributed by atoms with Crippen LogP contribution >= 0.6 is 11.8 Å². The van der Waals surface area contributed by atoms with Crippen LogP contribution in [0.3, 0.4) is 0 Å². The Morgan fingerprint density at radius 2 is 1.90 bits per heavy atom. The van der Waals surface area contributed by atoms with E-state index in [-0.39, 0.29) is 11.3 Å². The minimum Gasteiger partial charge on any atom is -0.497 e. The fourth-order valence-electron chi connectivity index (χ4n) is 3.47. The number of hydrogen-bond acceptors (Lipinski definition) is 6. The van der Waals surface area contributed by atoms with Crippen LogP contribution in [0.15, 0.2) is 53.4 Å². The van der Waals surface area contributed by atoms with E-state index in [9.17, 15) is 14.9 Å². The highest BCUT2D eigenvalue weighted by Gasteiger charge is 2.35. The third kappa shape index (κ3) is 3.22. The number of ketones is 2. The molecule has 7 heteroatoms. The maximum Gasteiger partial charge on any atom is 0.208 e. The second-order valence-corrected chi connectivity index (χ2v) is 7.62. The lowest BCUT2D eigenvalue weighted by Crippen LogP contribution is -2.24. The van der Waals surface area contributed by atoms with Crippen molar-refractivity contribution in [1.82, 2.24) is 9.78 Å². The average molecular weight is 403 g/mol. The number of Topliss-reactive ketones (excluding diaryl/α,β-unsaturated/α-hetero) is 2. The van der Waals surface area contributed by atoms with Gasteiger partial charge in [-0.05, 0) is 30.3 Å². The Bertz CT molecular complexity index is 1160. The fourth-order valence-corrected chi connectivity index (χ4v) is 4.54. The van der Waals surface area contributed by atoms with Crippen LogP contribution in [-0.4, -0.2) is 28.5 Å². The van der Waals surface area contributed by atoms with Gasteiger partial charge in [0.2, 0.25) is 5.78 Å². The van der Waals surface area contributed by atoms with E-state index in [4.69, 9.17) is 4.74 Å². The predicted molar refractivity (Wildman–Crippen MR) is 109 cm³/mol. The Morgan fingerprint density at radius 3 is 2.59 bits per heavy atom. The van der Waals surface area contributed by atoms with E-state index in [0.717, 1.165) is 21.7 Å². The molecule has 0 saturated carbocycles. The number of thioether (sulfide) groups is 1. The third-order valence-electron chi connectivity index (χ3n) is 4.92. The number of hydrogen-bond donors (Lipinski definition) is 0. The summed E-state index contributed by atoms with van der Waals surface area (Å²) in [5.74, 6) is -1.38. The predicted octanol–water partition coefficient (Wildman–Crippen LogP) is 3.91. The highest BCUT2D eigenvalue weighted by Crippen LogP contribution is 2.42. The Hall–Kier alpha value is -3.37. The van der Waals surface area contributed by atoms with Crippen molar-refractivity contribution in [2.45, 2.75) is 10.6 Å². The van der Waals surface area contributed by atoms with Gasteiger partial charge in [-0.25, -0.2) is 0 Å². The van der Waals surface area contributed by atoms with E-state index in [1.54, 1.807) is 47.8 Å². The van der Waals surface area contributed by atoms with Crippen molar-refractivity contribution >= 4 is 23.3 Å². The zero-order chi connectivity index (χ0) is 20.5. The van der Waals surface area contributed by atoms with Gasteiger partial charge in [0.15, 0.2) is 11.7 Å². The van der Waals surface area contributed by atoms with Crippen molar-refractivity contribution in [1.29, 1.82) is 5.26 Å². The summed E-state index contributed by atoms with van der Waals surface area (Å²) >= 11 is 1.62. The Morgan fingerprint density at radius 1 is 1.17 bits per heavy atom. The van der Waals surface area contributed by atoms with E-state index in [2.05, 4.69) is 5.10 Å². The molecule has 3 aromatic rings. The number of aromatic nitrogens is 2. The van der Waals surface area contributed by atoms with Crippen LogP contribution in [0, 0.1) is 17.2 Å². The van der Waals surface area contributed by atoms with Gasteiger partial charge in [0.25, 0.3) is 0 Å². The summed E-state index contributed by atoms with van der Waals surface area (Å²) in [6.07, 6.45) is 0. The third-order valence-corrected chi connectivity index (χ3v) is 6.02. The largest absolute Gasteiger partial charge is 0.497 e. The number of rotatable bonds is 5. The van der Waals surface area contributed by atoms with Crippen molar-refractivity contribution in [3.05, 3.63) is 65.4 Å². The molecule has 1 aliphatic heterocycles. The molecule has 1 unspecified atom stereocenters. The molecule has 0 saturated heterocycles. The van der Waals surface area contributed by atoms with E-state index < -0.39 is 17.5 Å². The van der Waals surface area contributed by atoms with E-state index >= 15 is 0 Å². The quantitative estimate of drug-likeness (QED) is 0.474. The van der Waals surface area contributed by atoms with Gasteiger partial charge in [-0.3, -0.25) is 14.3 Å². The van der Waals surface area contributed by atoms with Crippen molar-refractivity contribution in [3.63, 3.8) is 0 Å². The fraction of sp³-hybridized carbons (Fsp3) is 0.182. The van der Waals surface area contributed by atoms with Crippen LogP contribution in [0.25, 0.3) is 11.3 Å². The summed E-state index contributed by atoms with van der Waals surface area (Å²) in [4.78, 5) is 27.1. The van der Waals surface area contributed by atoms with Crippen LogP contribution in [0.4, 0.5) is 0 Å². The van der Waals surface area contributed by atoms with E-state index in [1.807, 2.05) is 30.3 Å². The van der Waals surface area contributed by atoms with E-state index in [0.29, 0.717) is 11.5 Å². The lowest BCUT2D eigenvalue weighted by molar-refractivity contribution is 0.0842. The minimum atomic E-state index is -1.44. The first-order chi connectivity index (χ1) is 14.0. The molecule has 0 radical (unpaired) electrons. The van der Waals surface area contributed by atoms with Crippen molar-refractivity contribution < 1.29 is 14.3 Å². The number of nitriles is 1. The molecule has 4 rings (SSSR count). The summed E-state index contributed by atoms with van der Waals surface area (Å²) < 4.78 is 6.75. The minimum absolute atomic E-state index is 0.193. The van der Waals surface area contributed by atoms with Crippen LogP contribution in [-0.2, 0) is 12.8 Å². The molecule has 1 aliphatic rings. The molecule has 0 fully saturated rings. The number of carbonyl (C=O) groups is 2. The smallest absolute Gasteiger partial charge is 0.208 e. The maximum atomic E-state index is 13.2. The standard InChI is InChI=1S/C22H17N3O3S/c1-25-20-15-5-3-4-6-18(15)29-12-17(20)19(24-25)22(27)16(11-23)21(26)13-7-9-14(28-2)10-8-13/h3-10,16H,12H2,1-2H3. The molecule has 0 N–H and O–H groups in total. The normalized spacial score (nSPS) is 13.0. The number of aryl methyl sites for hydroxylation is 1. The van der Waals surface area contributed by atoms with Crippen LogP contribution in [0.5, 0.6) is 5.75 Å². The Labute approximate surface area is 172 Å². The molecule has 0 aliphatic carbocycles. The molecule has 29 heavy (non-hydrogen) atoms. The molecule has 6 nitrogen and oxygen atoms in total. The van der Waals surface area contributed by atoms with Crippen LogP contribution in [0.1, 0.15) is 26.4 Å². The molecular formula is C22H17N3O3S. The molecule has 0 spiro atoms. The average Bonchev–Trinajstić information content (AvgIpc) is 3.11. The summed E-state index contributed by atoms with van der Waals surface area (Å²) in [5, 5.41) is 14.0. The summed E-state index contributed by atoms with van der Waals surface area (Å²) in [6, 6.07) is 16.2. The van der Waals surface area contributed by atoms with Gasteiger partial charge in [-0.15, -0.1) is 11.8 Å². The Kier molecular flexibility index (Phi) is 4.95. The van der Waals surface area contributed by atoms with Gasteiger partial charge in [0, 0.05) is 34.4 Å². The van der Waals surface area contributed by atoms with Crippen molar-refractivity contribution in [2.75, 3.05) is 7.11 Å².